The number of aromatic nitrogens is 3. The van der Waals surface area contributed by atoms with Crippen LogP contribution in [0.5, 0.6) is 0 Å². The number of carbonyl (C=O) groups excluding carboxylic acids is 1. The van der Waals surface area contributed by atoms with Gasteiger partial charge >= 0.3 is 0 Å². The molecule has 1 aromatic carbocycles. The smallest absolute Gasteiger partial charge is 0.225 e. The molecule has 0 unspecified atom stereocenters. The second kappa shape index (κ2) is 10.0. The molecule has 1 aliphatic carbocycles. The summed E-state index contributed by atoms with van der Waals surface area (Å²) in [6.07, 6.45) is 7.26. The van der Waals surface area contributed by atoms with E-state index in [4.69, 9.17) is 10.7 Å². The lowest BCUT2D eigenvalue weighted by atomic mass is 9.82. The van der Waals surface area contributed by atoms with E-state index in [1.807, 2.05) is 36.4 Å². The van der Waals surface area contributed by atoms with E-state index in [2.05, 4.69) is 32.7 Å². The minimum absolute atomic E-state index is 0.0233. The van der Waals surface area contributed by atoms with Crippen molar-refractivity contribution in [3.05, 3.63) is 66.5 Å². The average molecular weight is 417 g/mol. The number of anilines is 2. The Morgan fingerprint density at radius 3 is 2.52 bits per heavy atom. The lowest BCUT2D eigenvalue weighted by Crippen LogP contribution is -2.29. The first-order valence-corrected chi connectivity index (χ1v) is 10.8. The van der Waals surface area contributed by atoms with Crippen molar-refractivity contribution in [3.8, 4) is 11.3 Å². The van der Waals surface area contributed by atoms with Crippen molar-refractivity contribution in [1.29, 1.82) is 0 Å². The summed E-state index contributed by atoms with van der Waals surface area (Å²) >= 11 is 0. The predicted molar refractivity (Wildman–Crippen MR) is 122 cm³/mol. The van der Waals surface area contributed by atoms with Crippen molar-refractivity contribution >= 4 is 17.7 Å². The number of primary amides is 1. The number of amides is 1. The average Bonchev–Trinajstić information content (AvgIpc) is 2.83. The molecule has 4 rings (SSSR count). The fourth-order valence-corrected chi connectivity index (χ4v) is 3.95. The van der Waals surface area contributed by atoms with E-state index in [0.29, 0.717) is 18.4 Å². The second-order valence-electron chi connectivity index (χ2n) is 8.04. The molecule has 31 heavy (non-hydrogen) atoms. The van der Waals surface area contributed by atoms with Crippen LogP contribution in [0.15, 0.2) is 60.9 Å². The lowest BCUT2D eigenvalue weighted by Gasteiger charge is -2.26. The molecule has 160 valence electrons. The topological polar surface area (TPSA) is 106 Å². The van der Waals surface area contributed by atoms with E-state index in [-0.39, 0.29) is 11.8 Å². The van der Waals surface area contributed by atoms with Gasteiger partial charge in [-0.2, -0.15) is 4.98 Å². The maximum Gasteiger partial charge on any atom is 0.225 e. The third-order valence-electron chi connectivity index (χ3n) is 5.80. The van der Waals surface area contributed by atoms with E-state index < -0.39 is 0 Å². The zero-order valence-corrected chi connectivity index (χ0v) is 17.5. The van der Waals surface area contributed by atoms with Gasteiger partial charge < -0.3 is 16.4 Å². The molecule has 4 N–H and O–H groups in total. The van der Waals surface area contributed by atoms with Gasteiger partial charge in [0.05, 0.1) is 5.69 Å². The molecule has 7 nitrogen and oxygen atoms in total. The van der Waals surface area contributed by atoms with Crippen molar-refractivity contribution in [2.24, 2.45) is 17.6 Å². The molecule has 0 bridgehead atoms. The zero-order valence-electron chi connectivity index (χ0n) is 17.5. The highest BCUT2D eigenvalue weighted by molar-refractivity contribution is 5.76. The summed E-state index contributed by atoms with van der Waals surface area (Å²) in [6.45, 7) is 1.46. The first-order chi connectivity index (χ1) is 15.2. The third-order valence-corrected chi connectivity index (χ3v) is 5.80. The number of carbonyl (C=O) groups is 1. The Bertz CT molecular complexity index is 987. The Hall–Kier alpha value is -3.48. The predicted octanol–water partition coefficient (Wildman–Crippen LogP) is 3.85. The van der Waals surface area contributed by atoms with Gasteiger partial charge in [0.15, 0.2) is 0 Å². The van der Waals surface area contributed by atoms with Gasteiger partial charge in [-0.15, -0.1) is 0 Å². The largest absolute Gasteiger partial charge is 0.369 e. The molecule has 0 spiro atoms. The maximum absolute atomic E-state index is 11.4. The SMILES string of the molecule is NC(=O)C1CCC(CNc2nc(NCc3ccccc3)cc(-c3cccnc3)n2)CC1. The number of rotatable bonds is 8. The Labute approximate surface area is 182 Å². The molecule has 2 aromatic heterocycles. The fourth-order valence-electron chi connectivity index (χ4n) is 3.95. The number of hydrogen-bond acceptors (Lipinski definition) is 6. The summed E-state index contributed by atoms with van der Waals surface area (Å²) < 4.78 is 0. The van der Waals surface area contributed by atoms with Crippen molar-refractivity contribution < 1.29 is 4.79 Å². The number of nitrogens with two attached hydrogens (primary N) is 1. The molecule has 7 heteroatoms. The minimum atomic E-state index is -0.173. The van der Waals surface area contributed by atoms with Gasteiger partial charge in [-0.1, -0.05) is 30.3 Å². The number of hydrogen-bond donors (Lipinski definition) is 3. The van der Waals surface area contributed by atoms with Crippen molar-refractivity contribution in [3.63, 3.8) is 0 Å². The molecule has 1 aliphatic rings. The normalized spacial score (nSPS) is 18.3. The molecule has 1 fully saturated rings. The summed E-state index contributed by atoms with van der Waals surface area (Å²) in [7, 11) is 0. The molecule has 2 heterocycles. The van der Waals surface area contributed by atoms with Crippen LogP contribution in [-0.4, -0.2) is 27.4 Å². The minimum Gasteiger partial charge on any atom is -0.369 e. The highest BCUT2D eigenvalue weighted by Gasteiger charge is 2.24. The van der Waals surface area contributed by atoms with E-state index in [9.17, 15) is 4.79 Å². The molecular formula is C24H28N6O. The monoisotopic (exact) mass is 416 g/mol. The van der Waals surface area contributed by atoms with E-state index in [1.54, 1.807) is 12.4 Å². The first kappa shape index (κ1) is 20.8. The van der Waals surface area contributed by atoms with Gasteiger partial charge in [-0.3, -0.25) is 9.78 Å². The van der Waals surface area contributed by atoms with E-state index in [0.717, 1.165) is 49.3 Å². The standard InChI is InChI=1S/C24H28N6O/c25-23(31)19-10-8-18(9-11-19)15-28-24-29-21(20-7-4-12-26-16-20)13-22(30-24)27-14-17-5-2-1-3-6-17/h1-7,12-13,16,18-19H,8-11,14-15H2,(H2,25,31)(H2,27,28,29,30). The number of nitrogens with one attached hydrogen (secondary N) is 2. The quantitative estimate of drug-likeness (QED) is 0.515. The summed E-state index contributed by atoms with van der Waals surface area (Å²) in [5.74, 6) is 1.69. The Morgan fingerprint density at radius 1 is 1.00 bits per heavy atom. The molecular weight excluding hydrogens is 388 g/mol. The van der Waals surface area contributed by atoms with Gasteiger partial charge in [-0.05, 0) is 49.3 Å². The van der Waals surface area contributed by atoms with Crippen LogP contribution in [0.25, 0.3) is 11.3 Å². The molecule has 1 amide bonds. The summed E-state index contributed by atoms with van der Waals surface area (Å²) in [4.78, 5) is 25.0. The van der Waals surface area contributed by atoms with Crippen LogP contribution in [0, 0.1) is 11.8 Å². The molecule has 0 radical (unpaired) electrons. The molecule has 3 aromatic rings. The van der Waals surface area contributed by atoms with Gasteiger partial charge in [0.25, 0.3) is 0 Å². The fraction of sp³-hybridized carbons (Fsp3) is 0.333. The van der Waals surface area contributed by atoms with E-state index >= 15 is 0 Å². The number of nitrogens with zero attached hydrogens (tertiary/aromatic N) is 3. The van der Waals surface area contributed by atoms with Crippen LogP contribution in [0.4, 0.5) is 11.8 Å². The van der Waals surface area contributed by atoms with Gasteiger partial charge in [0.1, 0.15) is 5.82 Å². The summed E-state index contributed by atoms with van der Waals surface area (Å²) in [6, 6.07) is 16.1. The van der Waals surface area contributed by atoms with Gasteiger partial charge in [0.2, 0.25) is 11.9 Å². The van der Waals surface area contributed by atoms with Crippen LogP contribution in [-0.2, 0) is 11.3 Å². The van der Waals surface area contributed by atoms with E-state index in [1.165, 1.54) is 5.56 Å². The lowest BCUT2D eigenvalue weighted by molar-refractivity contribution is -0.122. The summed E-state index contributed by atoms with van der Waals surface area (Å²) in [5.41, 5.74) is 8.40. The first-order valence-electron chi connectivity index (χ1n) is 10.8. The molecule has 0 aliphatic heterocycles. The number of pyridine rings is 1. The Balaban J connectivity index is 1.46. The van der Waals surface area contributed by atoms with Crippen molar-refractivity contribution in [2.75, 3.05) is 17.2 Å². The third kappa shape index (κ3) is 5.78. The van der Waals surface area contributed by atoms with Crippen LogP contribution in [0.3, 0.4) is 0 Å². The Morgan fingerprint density at radius 2 is 1.81 bits per heavy atom. The molecule has 1 saturated carbocycles. The van der Waals surface area contributed by atoms with Crippen LogP contribution < -0.4 is 16.4 Å². The molecule has 0 saturated heterocycles. The second-order valence-corrected chi connectivity index (χ2v) is 8.04. The highest BCUT2D eigenvalue weighted by atomic mass is 16.1. The Kier molecular flexibility index (Phi) is 6.72. The van der Waals surface area contributed by atoms with Gasteiger partial charge in [-0.25, -0.2) is 4.98 Å². The molecule has 0 atom stereocenters. The summed E-state index contributed by atoms with van der Waals surface area (Å²) in [5, 5.41) is 6.81. The van der Waals surface area contributed by atoms with Gasteiger partial charge in [0, 0.05) is 43.0 Å². The highest BCUT2D eigenvalue weighted by Crippen LogP contribution is 2.29. The maximum atomic E-state index is 11.4. The van der Waals surface area contributed by atoms with Crippen molar-refractivity contribution in [2.45, 2.75) is 32.2 Å². The zero-order chi connectivity index (χ0) is 21.5. The van der Waals surface area contributed by atoms with Crippen LogP contribution in [0.1, 0.15) is 31.2 Å². The number of benzene rings is 1. The van der Waals surface area contributed by atoms with Crippen LogP contribution in [0.2, 0.25) is 0 Å². The van der Waals surface area contributed by atoms with Crippen LogP contribution >= 0.6 is 0 Å². The van der Waals surface area contributed by atoms with Crippen molar-refractivity contribution in [1.82, 2.24) is 15.0 Å².